The van der Waals surface area contributed by atoms with Crippen LogP contribution in [0.15, 0.2) is 42.5 Å². The molecule has 27 heavy (non-hydrogen) atoms. The van der Waals surface area contributed by atoms with Gasteiger partial charge in [0.25, 0.3) is 0 Å². The highest BCUT2D eigenvalue weighted by atomic mass is 32.1. The van der Waals surface area contributed by atoms with Gasteiger partial charge in [-0.05, 0) is 30.5 Å². The smallest absolute Gasteiger partial charge is 0.0558 e. The van der Waals surface area contributed by atoms with Gasteiger partial charge in [0, 0.05) is 59.5 Å². The fourth-order valence-electron chi connectivity index (χ4n) is 4.41. The van der Waals surface area contributed by atoms with Gasteiger partial charge >= 0.3 is 0 Å². The van der Waals surface area contributed by atoms with Crippen LogP contribution in [0.4, 0.5) is 0 Å². The van der Waals surface area contributed by atoms with Crippen molar-refractivity contribution in [3.63, 3.8) is 0 Å². The molecule has 4 rings (SSSR count). The van der Waals surface area contributed by atoms with Crippen molar-refractivity contribution < 1.29 is 10.2 Å². The van der Waals surface area contributed by atoms with E-state index < -0.39 is 0 Å². The van der Waals surface area contributed by atoms with Crippen LogP contribution in [-0.4, -0.2) is 66.5 Å². The second-order valence-corrected chi connectivity index (χ2v) is 8.83. The van der Waals surface area contributed by atoms with Crippen LogP contribution in [0.2, 0.25) is 0 Å². The molecule has 0 unspecified atom stereocenters. The van der Waals surface area contributed by atoms with E-state index in [1.54, 1.807) is 0 Å². The molecule has 0 radical (unpaired) electrons. The van der Waals surface area contributed by atoms with Crippen LogP contribution < -0.4 is 0 Å². The molecule has 0 bridgehead atoms. The maximum absolute atomic E-state index is 9.84. The van der Waals surface area contributed by atoms with Gasteiger partial charge in [0.2, 0.25) is 0 Å². The van der Waals surface area contributed by atoms with Gasteiger partial charge in [-0.15, -0.1) is 11.3 Å². The number of hydrogen-bond donors (Lipinski definition) is 2. The minimum absolute atomic E-state index is 0.185. The van der Waals surface area contributed by atoms with Gasteiger partial charge in [-0.25, -0.2) is 0 Å². The summed E-state index contributed by atoms with van der Waals surface area (Å²) in [5.74, 6) is 0.765. The summed E-state index contributed by atoms with van der Waals surface area (Å²) in [6.45, 7) is 4.91. The normalized spacial score (nSPS) is 21.0. The first-order valence-electron chi connectivity index (χ1n) is 9.71. The van der Waals surface area contributed by atoms with Crippen LogP contribution in [0.3, 0.4) is 0 Å². The predicted octanol–water partition coefficient (Wildman–Crippen LogP) is 3.02. The molecule has 5 heteroatoms. The van der Waals surface area contributed by atoms with Crippen molar-refractivity contribution in [2.24, 2.45) is 11.8 Å². The van der Waals surface area contributed by atoms with E-state index in [9.17, 15) is 5.11 Å². The molecule has 1 aromatic heterocycles. The second-order valence-electron chi connectivity index (χ2n) is 7.77. The third-order valence-electron chi connectivity index (χ3n) is 5.79. The van der Waals surface area contributed by atoms with E-state index >= 15 is 0 Å². The van der Waals surface area contributed by atoms with Crippen LogP contribution >= 0.6 is 11.3 Å². The molecule has 2 aromatic carbocycles. The number of hydrogen-bond acceptors (Lipinski definition) is 5. The van der Waals surface area contributed by atoms with Crippen LogP contribution in [0.5, 0.6) is 0 Å². The van der Waals surface area contributed by atoms with Crippen molar-refractivity contribution in [3.8, 4) is 0 Å². The Kier molecular flexibility index (Phi) is 5.76. The quantitative estimate of drug-likeness (QED) is 0.657. The van der Waals surface area contributed by atoms with E-state index in [0.717, 1.165) is 26.2 Å². The first kappa shape index (κ1) is 18.8. The summed E-state index contributed by atoms with van der Waals surface area (Å²) < 4.78 is 2.73. The zero-order chi connectivity index (χ0) is 18.8. The Morgan fingerprint density at radius 2 is 1.81 bits per heavy atom. The molecule has 1 saturated heterocycles. The predicted molar refractivity (Wildman–Crippen MR) is 113 cm³/mol. The van der Waals surface area contributed by atoms with E-state index in [4.69, 9.17) is 5.11 Å². The summed E-state index contributed by atoms with van der Waals surface area (Å²) >= 11 is 1.88. The summed E-state index contributed by atoms with van der Waals surface area (Å²) in [6.07, 6.45) is 0. The van der Waals surface area contributed by atoms with E-state index in [1.807, 2.05) is 18.4 Å². The minimum atomic E-state index is 0.185. The van der Waals surface area contributed by atoms with Crippen molar-refractivity contribution in [2.45, 2.75) is 6.54 Å². The lowest BCUT2D eigenvalue weighted by Crippen LogP contribution is -2.32. The van der Waals surface area contributed by atoms with Crippen molar-refractivity contribution in [2.75, 3.05) is 46.4 Å². The maximum Gasteiger partial charge on any atom is 0.0558 e. The average molecular weight is 385 g/mol. The SMILES string of the molecule is CN(CCO)C[C@@H]1CN(Cc2cccc3c2sc2ccccc23)C[C@@H]1CO. The summed E-state index contributed by atoms with van der Waals surface area (Å²) in [4.78, 5) is 4.65. The molecule has 2 N–H and O–H groups in total. The van der Waals surface area contributed by atoms with E-state index in [1.165, 1.54) is 25.7 Å². The zero-order valence-electron chi connectivity index (χ0n) is 15.8. The van der Waals surface area contributed by atoms with Gasteiger partial charge in [-0.1, -0.05) is 36.4 Å². The number of aliphatic hydroxyl groups excluding tert-OH is 2. The summed E-state index contributed by atoms with van der Waals surface area (Å²) in [7, 11) is 2.05. The lowest BCUT2D eigenvalue weighted by molar-refractivity contribution is 0.160. The van der Waals surface area contributed by atoms with Gasteiger partial charge in [0.1, 0.15) is 0 Å². The number of likely N-dealkylation sites (N-methyl/N-ethyl adjacent to an activating group) is 1. The third kappa shape index (κ3) is 3.89. The number of likely N-dealkylation sites (tertiary alicyclic amines) is 1. The number of benzene rings is 2. The lowest BCUT2D eigenvalue weighted by Gasteiger charge is -2.23. The van der Waals surface area contributed by atoms with Crippen LogP contribution in [0.1, 0.15) is 5.56 Å². The maximum atomic E-state index is 9.84. The first-order valence-corrected chi connectivity index (χ1v) is 10.5. The van der Waals surface area contributed by atoms with Crippen LogP contribution in [0.25, 0.3) is 20.2 Å². The Morgan fingerprint density at radius 1 is 1.04 bits per heavy atom. The summed E-state index contributed by atoms with van der Waals surface area (Å²) in [6, 6.07) is 15.3. The van der Waals surface area contributed by atoms with E-state index in [0.29, 0.717) is 18.4 Å². The molecule has 1 fully saturated rings. The topological polar surface area (TPSA) is 46.9 Å². The van der Waals surface area contributed by atoms with Crippen LogP contribution in [-0.2, 0) is 6.54 Å². The monoisotopic (exact) mass is 384 g/mol. The van der Waals surface area contributed by atoms with Gasteiger partial charge in [-0.2, -0.15) is 0 Å². The largest absolute Gasteiger partial charge is 0.396 e. The molecular formula is C22H28N2O2S. The van der Waals surface area contributed by atoms with Crippen molar-refractivity contribution in [1.29, 1.82) is 0 Å². The number of thiophene rings is 1. The second kappa shape index (κ2) is 8.25. The van der Waals surface area contributed by atoms with Gasteiger partial charge in [0.15, 0.2) is 0 Å². The lowest BCUT2D eigenvalue weighted by atomic mass is 9.96. The number of fused-ring (bicyclic) bond motifs is 3. The highest BCUT2D eigenvalue weighted by Gasteiger charge is 2.33. The third-order valence-corrected chi connectivity index (χ3v) is 7.06. The Morgan fingerprint density at radius 3 is 2.63 bits per heavy atom. The first-order chi connectivity index (χ1) is 13.2. The van der Waals surface area contributed by atoms with Crippen molar-refractivity contribution in [1.82, 2.24) is 9.80 Å². The molecule has 1 aliphatic rings. The number of rotatable bonds is 7. The molecule has 0 amide bonds. The molecule has 144 valence electrons. The highest BCUT2D eigenvalue weighted by Crippen LogP contribution is 2.36. The Labute approximate surface area is 164 Å². The molecule has 3 aromatic rings. The Hall–Kier alpha value is -1.50. The molecule has 4 nitrogen and oxygen atoms in total. The minimum Gasteiger partial charge on any atom is -0.396 e. The van der Waals surface area contributed by atoms with Gasteiger partial charge < -0.3 is 15.1 Å². The average Bonchev–Trinajstić information content (AvgIpc) is 3.23. The summed E-state index contributed by atoms with van der Waals surface area (Å²) in [5.41, 5.74) is 1.38. The van der Waals surface area contributed by atoms with Gasteiger partial charge in [0.05, 0.1) is 6.61 Å². The standard InChI is InChI=1S/C22H28N2O2S/c1-23(9-10-25)11-17-13-24(14-18(17)15-26)12-16-5-4-7-20-19-6-2-3-8-21(19)27-22(16)20/h2-8,17-18,25-26H,9-15H2,1H3/t17-,18-/m1/s1. The molecule has 0 spiro atoms. The zero-order valence-corrected chi connectivity index (χ0v) is 16.7. The fraction of sp³-hybridized carbons (Fsp3) is 0.455. The summed E-state index contributed by atoms with van der Waals surface area (Å²) in [5, 5.41) is 21.7. The Bertz CT molecular complexity index is 910. The molecule has 0 saturated carbocycles. The van der Waals surface area contributed by atoms with Crippen LogP contribution in [0, 0.1) is 11.8 Å². The molecule has 1 aliphatic heterocycles. The van der Waals surface area contributed by atoms with Crippen molar-refractivity contribution in [3.05, 3.63) is 48.0 Å². The van der Waals surface area contributed by atoms with Gasteiger partial charge in [-0.3, -0.25) is 4.90 Å². The fourth-order valence-corrected chi connectivity index (χ4v) is 5.62. The number of aliphatic hydroxyl groups is 2. The molecular weight excluding hydrogens is 356 g/mol. The van der Waals surface area contributed by atoms with Crippen molar-refractivity contribution >= 4 is 31.5 Å². The van der Waals surface area contributed by atoms with E-state index in [-0.39, 0.29) is 13.2 Å². The highest BCUT2D eigenvalue weighted by molar-refractivity contribution is 7.26. The molecule has 0 aliphatic carbocycles. The molecule has 2 atom stereocenters. The van der Waals surface area contributed by atoms with E-state index in [2.05, 4.69) is 52.3 Å². The number of nitrogens with zero attached hydrogens (tertiary/aromatic N) is 2. The molecule has 2 heterocycles. The Balaban J connectivity index is 1.54.